The Kier molecular flexibility index (Phi) is 7.42. The van der Waals surface area contributed by atoms with Gasteiger partial charge in [-0.05, 0) is 20.8 Å². The van der Waals surface area contributed by atoms with Crippen LogP contribution in [0.4, 0.5) is 5.69 Å². The van der Waals surface area contributed by atoms with Crippen molar-refractivity contribution in [3.05, 3.63) is 72.6 Å². The monoisotopic (exact) mass is 435 g/mol. The molecule has 0 aromatic heterocycles. The van der Waals surface area contributed by atoms with Gasteiger partial charge in [0.05, 0.1) is 33.5 Å². The van der Waals surface area contributed by atoms with Crippen LogP contribution in [0.1, 0.15) is 32.3 Å². The van der Waals surface area contributed by atoms with Crippen molar-refractivity contribution in [1.29, 1.82) is 0 Å². The van der Waals surface area contributed by atoms with Gasteiger partial charge in [-0.1, -0.05) is 18.2 Å². The molecule has 0 amide bonds. The second-order valence-corrected chi connectivity index (χ2v) is 6.54. The number of para-hydroxylation sites is 1. The van der Waals surface area contributed by atoms with E-state index in [2.05, 4.69) is 5.32 Å². The van der Waals surface area contributed by atoms with E-state index in [0.29, 0.717) is 5.70 Å². The Morgan fingerprint density at radius 3 is 2.16 bits per heavy atom. The number of ether oxygens (including phenoxy) is 2. The fraction of sp³-hybridized carbons (Fsp3) is 0.368. The lowest BCUT2D eigenvalue weighted by Gasteiger charge is -2.30. The minimum Gasteiger partial charge on any atom is -0.463 e. The number of rotatable bonds is 8. The van der Waals surface area contributed by atoms with Crippen LogP contribution in [0.3, 0.4) is 0 Å². The Morgan fingerprint density at radius 2 is 1.65 bits per heavy atom. The molecule has 0 fully saturated rings. The van der Waals surface area contributed by atoms with Gasteiger partial charge < -0.3 is 19.9 Å². The molecule has 2 rings (SSSR count). The highest BCUT2D eigenvalue weighted by Crippen LogP contribution is 2.42. The third-order valence-electron chi connectivity index (χ3n) is 4.53. The summed E-state index contributed by atoms with van der Waals surface area (Å²) < 4.78 is 9.96. The molecule has 12 nitrogen and oxygen atoms in total. The molecule has 12 heteroatoms. The number of allylic oxidation sites excluding steroid dienone is 2. The van der Waals surface area contributed by atoms with Gasteiger partial charge in [-0.2, -0.15) is 0 Å². The number of benzene rings is 1. The SMILES string of the molecule is CCOC(=O)C1=C(C)NC(C)=C(C(=O)OCC(O)[N+](=O)[O-])C1c1ccccc1[N+](=O)[O-]. The van der Waals surface area contributed by atoms with Crippen LogP contribution in [-0.2, 0) is 19.1 Å². The number of aliphatic hydroxyl groups excluding tert-OH is 1. The number of nitro groups is 2. The first kappa shape index (κ1) is 23.5. The number of hydrogen-bond acceptors (Lipinski definition) is 10. The normalized spacial score (nSPS) is 17.0. The molecule has 2 N–H and O–H groups in total. The summed E-state index contributed by atoms with van der Waals surface area (Å²) in [5.41, 5.74) is 0.0437. The minimum absolute atomic E-state index is 0.0245. The number of carbonyl (C=O) groups excluding carboxylic acids is 2. The van der Waals surface area contributed by atoms with Crippen molar-refractivity contribution in [3.63, 3.8) is 0 Å². The van der Waals surface area contributed by atoms with Crippen LogP contribution in [0.5, 0.6) is 0 Å². The smallest absolute Gasteiger partial charge is 0.347 e. The number of nitrogens with zero attached hydrogens (tertiary/aromatic N) is 2. The standard InChI is InChI=1S/C19H21N3O9/c1-4-30-18(24)15-10(2)20-11(3)16(19(25)31-9-14(23)22(28)29)17(15)12-7-5-6-8-13(12)21(26)27/h5-8,14,17,20,23H,4,9H2,1-3H3. The van der Waals surface area contributed by atoms with Crippen LogP contribution < -0.4 is 5.32 Å². The van der Waals surface area contributed by atoms with Crippen molar-refractivity contribution >= 4 is 17.6 Å². The fourth-order valence-corrected chi connectivity index (χ4v) is 3.24. The molecule has 1 aromatic rings. The van der Waals surface area contributed by atoms with E-state index in [4.69, 9.17) is 9.47 Å². The number of esters is 2. The van der Waals surface area contributed by atoms with E-state index in [1.807, 2.05) is 0 Å². The third kappa shape index (κ3) is 5.04. The van der Waals surface area contributed by atoms with E-state index in [1.54, 1.807) is 13.8 Å². The van der Waals surface area contributed by atoms with Crippen LogP contribution in [0.15, 0.2) is 46.8 Å². The van der Waals surface area contributed by atoms with E-state index in [-0.39, 0.29) is 34.7 Å². The van der Waals surface area contributed by atoms with Gasteiger partial charge in [0.2, 0.25) is 0 Å². The third-order valence-corrected chi connectivity index (χ3v) is 4.53. The van der Waals surface area contributed by atoms with Crippen molar-refractivity contribution in [3.8, 4) is 0 Å². The lowest BCUT2D eigenvalue weighted by Crippen LogP contribution is -2.34. The zero-order valence-electron chi connectivity index (χ0n) is 17.0. The maximum Gasteiger partial charge on any atom is 0.347 e. The number of nitro benzene ring substituents is 1. The van der Waals surface area contributed by atoms with E-state index >= 15 is 0 Å². The summed E-state index contributed by atoms with van der Waals surface area (Å²) in [5.74, 6) is -3.11. The Labute approximate surface area is 176 Å². The lowest BCUT2D eigenvalue weighted by molar-refractivity contribution is -0.572. The van der Waals surface area contributed by atoms with Gasteiger partial charge in [0.25, 0.3) is 5.69 Å². The average Bonchev–Trinajstić information content (AvgIpc) is 2.71. The van der Waals surface area contributed by atoms with Crippen LogP contribution in [0.2, 0.25) is 0 Å². The Bertz CT molecular complexity index is 984. The molecule has 0 bridgehead atoms. The van der Waals surface area contributed by atoms with Gasteiger partial charge >= 0.3 is 18.2 Å². The molecule has 0 saturated carbocycles. The summed E-state index contributed by atoms with van der Waals surface area (Å²) in [5, 5.41) is 34.4. The minimum atomic E-state index is -2.15. The van der Waals surface area contributed by atoms with E-state index in [0.717, 1.165) is 0 Å². The molecule has 1 aliphatic heterocycles. The average molecular weight is 435 g/mol. The summed E-state index contributed by atoms with van der Waals surface area (Å²) in [7, 11) is 0. The maximum absolute atomic E-state index is 12.8. The highest BCUT2D eigenvalue weighted by atomic mass is 16.7. The van der Waals surface area contributed by atoms with Gasteiger partial charge in [0.15, 0.2) is 6.61 Å². The summed E-state index contributed by atoms with van der Waals surface area (Å²) in [4.78, 5) is 46.1. The largest absolute Gasteiger partial charge is 0.463 e. The van der Waals surface area contributed by atoms with Crippen molar-refractivity contribution in [2.45, 2.75) is 32.9 Å². The molecule has 2 unspecified atom stereocenters. The van der Waals surface area contributed by atoms with Crippen LogP contribution in [0, 0.1) is 20.2 Å². The molecule has 1 aromatic carbocycles. The predicted octanol–water partition coefficient (Wildman–Crippen LogP) is 1.53. The highest BCUT2D eigenvalue weighted by molar-refractivity contribution is 6.00. The Balaban J connectivity index is 2.63. The van der Waals surface area contributed by atoms with Gasteiger partial charge in [-0.25, -0.2) is 9.59 Å². The van der Waals surface area contributed by atoms with Gasteiger partial charge in [-0.15, -0.1) is 0 Å². The first-order valence-electron chi connectivity index (χ1n) is 9.17. The molecule has 1 aliphatic rings. The number of carbonyl (C=O) groups is 2. The van der Waals surface area contributed by atoms with E-state index in [9.17, 15) is 34.9 Å². The first-order valence-corrected chi connectivity index (χ1v) is 9.17. The van der Waals surface area contributed by atoms with E-state index < -0.39 is 40.5 Å². The molecule has 1 heterocycles. The van der Waals surface area contributed by atoms with Crippen molar-refractivity contribution in [2.24, 2.45) is 0 Å². The zero-order chi connectivity index (χ0) is 23.3. The number of nitrogens with one attached hydrogen (secondary N) is 1. The fourth-order valence-electron chi connectivity index (χ4n) is 3.24. The molecule has 0 aliphatic carbocycles. The van der Waals surface area contributed by atoms with Gasteiger partial charge in [-0.3, -0.25) is 20.2 Å². The molecule has 31 heavy (non-hydrogen) atoms. The van der Waals surface area contributed by atoms with Crippen LogP contribution in [-0.4, -0.2) is 46.3 Å². The first-order chi connectivity index (χ1) is 14.6. The Morgan fingerprint density at radius 1 is 1.10 bits per heavy atom. The molecule has 0 spiro atoms. The lowest BCUT2D eigenvalue weighted by atomic mass is 9.79. The van der Waals surface area contributed by atoms with Crippen LogP contribution >= 0.6 is 0 Å². The van der Waals surface area contributed by atoms with Crippen LogP contribution in [0.25, 0.3) is 0 Å². The van der Waals surface area contributed by atoms with Gasteiger partial charge in [0, 0.05) is 23.0 Å². The zero-order valence-corrected chi connectivity index (χ0v) is 17.0. The summed E-state index contributed by atoms with van der Waals surface area (Å²) in [6.45, 7) is 3.71. The number of dihydropyridines is 1. The summed E-state index contributed by atoms with van der Waals surface area (Å²) in [6, 6.07) is 5.57. The second-order valence-electron chi connectivity index (χ2n) is 6.54. The molecule has 0 saturated heterocycles. The van der Waals surface area contributed by atoms with E-state index in [1.165, 1.54) is 31.2 Å². The molecular weight excluding hydrogens is 414 g/mol. The maximum atomic E-state index is 12.8. The topological polar surface area (TPSA) is 171 Å². The number of hydrogen-bond donors (Lipinski definition) is 2. The summed E-state index contributed by atoms with van der Waals surface area (Å²) in [6.07, 6.45) is -2.15. The van der Waals surface area contributed by atoms with Crippen molar-refractivity contribution < 1.29 is 34.0 Å². The second kappa shape index (κ2) is 9.80. The summed E-state index contributed by atoms with van der Waals surface area (Å²) >= 11 is 0. The number of aliphatic hydroxyl groups is 1. The van der Waals surface area contributed by atoms with Crippen molar-refractivity contribution in [1.82, 2.24) is 5.32 Å². The predicted molar refractivity (Wildman–Crippen MR) is 105 cm³/mol. The highest BCUT2D eigenvalue weighted by Gasteiger charge is 2.41. The van der Waals surface area contributed by atoms with Gasteiger partial charge in [0.1, 0.15) is 0 Å². The molecule has 166 valence electrons. The quantitative estimate of drug-likeness (QED) is 0.264. The van der Waals surface area contributed by atoms with Crippen molar-refractivity contribution in [2.75, 3.05) is 13.2 Å². The Hall–Kier alpha value is -3.80. The molecule has 2 atom stereocenters. The molecule has 0 radical (unpaired) electrons. The molecular formula is C19H21N3O9.